The van der Waals surface area contributed by atoms with Crippen LogP contribution in [0.4, 0.5) is 0 Å². The van der Waals surface area contributed by atoms with Crippen molar-refractivity contribution in [3.05, 3.63) is 47.7 Å². The van der Waals surface area contributed by atoms with E-state index in [1.807, 2.05) is 31.2 Å². The highest BCUT2D eigenvalue weighted by Gasteiger charge is 2.68. The number of benzene rings is 1. The fourth-order valence-electron chi connectivity index (χ4n) is 9.52. The van der Waals surface area contributed by atoms with Crippen molar-refractivity contribution >= 4 is 46.1 Å². The van der Waals surface area contributed by atoms with E-state index in [1.54, 1.807) is 12.3 Å². The molecule has 11 heteroatoms. The van der Waals surface area contributed by atoms with Crippen molar-refractivity contribution in [3.63, 3.8) is 0 Å². The van der Waals surface area contributed by atoms with Crippen molar-refractivity contribution in [2.75, 3.05) is 13.7 Å². The number of Topliss-reactive ketones (excluding diaryl/α,β-unsaturated/α-hetero) is 2. The van der Waals surface area contributed by atoms with Crippen molar-refractivity contribution < 1.29 is 43.3 Å². The second-order valence-corrected chi connectivity index (χ2v) is 14.6. The smallest absolute Gasteiger partial charge is 0.328 e. The highest BCUT2D eigenvalue weighted by Crippen LogP contribution is 2.66. The van der Waals surface area contributed by atoms with Gasteiger partial charge in [0.2, 0.25) is 11.7 Å². The van der Waals surface area contributed by atoms with Crippen molar-refractivity contribution in [2.45, 2.75) is 89.7 Å². The van der Waals surface area contributed by atoms with E-state index < -0.39 is 47.3 Å². The van der Waals surface area contributed by atoms with Gasteiger partial charge in [-0.05, 0) is 67.1 Å². The maximum Gasteiger partial charge on any atom is 0.328 e. The van der Waals surface area contributed by atoms with Gasteiger partial charge in [0.1, 0.15) is 17.4 Å². The third-order valence-corrected chi connectivity index (χ3v) is 12.1. The monoisotopic (exact) mass is 660 g/mol. The average Bonchev–Trinajstić information content (AvgIpc) is 3.59. The van der Waals surface area contributed by atoms with Crippen LogP contribution in [0.15, 0.2) is 42.1 Å². The zero-order valence-electron chi connectivity index (χ0n) is 27.8. The molecule has 4 unspecified atom stereocenters. The van der Waals surface area contributed by atoms with Crippen LogP contribution in [-0.4, -0.2) is 70.6 Å². The van der Waals surface area contributed by atoms with Crippen LogP contribution < -0.4 is 5.32 Å². The number of ether oxygens (including phenoxy) is 2. The zero-order chi connectivity index (χ0) is 34.4. The Morgan fingerprint density at radius 1 is 1.06 bits per heavy atom. The minimum atomic E-state index is -1.83. The highest BCUT2D eigenvalue weighted by molar-refractivity contribution is 5.95. The lowest BCUT2D eigenvalue weighted by Gasteiger charge is -2.57. The van der Waals surface area contributed by atoms with E-state index in [9.17, 15) is 33.9 Å². The molecule has 256 valence electrons. The first-order valence-electron chi connectivity index (χ1n) is 16.9. The van der Waals surface area contributed by atoms with E-state index in [0.717, 1.165) is 34.9 Å². The fourth-order valence-corrected chi connectivity index (χ4v) is 9.52. The number of esters is 2. The Morgan fingerprint density at radius 3 is 2.60 bits per heavy atom. The van der Waals surface area contributed by atoms with Gasteiger partial charge in [0, 0.05) is 54.1 Å². The third-order valence-electron chi connectivity index (χ3n) is 12.1. The number of para-hydroxylation sites is 1. The molecular formula is C37H44N2O9. The number of H-pyrrole nitrogens is 1. The van der Waals surface area contributed by atoms with Crippen molar-refractivity contribution in [1.29, 1.82) is 0 Å². The van der Waals surface area contributed by atoms with Crippen LogP contribution in [0.3, 0.4) is 0 Å². The van der Waals surface area contributed by atoms with Crippen LogP contribution >= 0.6 is 0 Å². The summed E-state index contributed by atoms with van der Waals surface area (Å²) < 4.78 is 10.1. The molecule has 3 N–H and O–H groups in total. The Labute approximate surface area is 279 Å². The van der Waals surface area contributed by atoms with Crippen molar-refractivity contribution in [2.24, 2.45) is 28.6 Å². The Balaban J connectivity index is 1.04. The summed E-state index contributed by atoms with van der Waals surface area (Å²) in [6.07, 6.45) is 6.38. The number of amides is 1. The molecule has 48 heavy (non-hydrogen) atoms. The summed E-state index contributed by atoms with van der Waals surface area (Å²) in [5, 5.41) is 15.4. The number of hydrogen-bond acceptors (Lipinski definition) is 9. The number of aromatic nitrogens is 1. The molecule has 7 atom stereocenters. The lowest BCUT2D eigenvalue weighted by molar-refractivity contribution is -0.173. The van der Waals surface area contributed by atoms with Gasteiger partial charge in [0.05, 0.1) is 13.5 Å². The van der Waals surface area contributed by atoms with Crippen LogP contribution in [-0.2, 0) is 44.7 Å². The number of rotatable bonds is 10. The van der Waals surface area contributed by atoms with Crippen LogP contribution in [0.5, 0.6) is 0 Å². The molecule has 0 saturated heterocycles. The van der Waals surface area contributed by atoms with E-state index in [-0.39, 0.29) is 66.8 Å². The van der Waals surface area contributed by atoms with Crippen LogP contribution in [0.25, 0.3) is 10.9 Å². The van der Waals surface area contributed by atoms with E-state index in [4.69, 9.17) is 9.47 Å². The standard InChI is InChI=1S/C37H44N2O9/c1-35-14-12-23(40)17-22(35)8-9-25-26-13-15-37(46,36(26,2)18-29(41)33(25)35)30(42)20-48-32(44)11-10-31(43)39-28(34(45)47-3)16-21-19-38-27-7-5-4-6-24(21)27/h4-7,17,19,25-26,28,33,38,46H,8-16,18,20H2,1-3H3,(H,39,43)/t25?,26?,28?,33?,35-,36-,37-/m0/s1. The second kappa shape index (κ2) is 12.7. The summed E-state index contributed by atoms with van der Waals surface area (Å²) in [5.74, 6) is -2.80. The molecule has 6 rings (SSSR count). The topological polar surface area (TPSA) is 169 Å². The summed E-state index contributed by atoms with van der Waals surface area (Å²) in [6.45, 7) is 3.24. The summed E-state index contributed by atoms with van der Waals surface area (Å²) in [5.41, 5.74) is -0.439. The molecule has 0 spiro atoms. The number of aromatic amines is 1. The van der Waals surface area contributed by atoms with Gasteiger partial charge in [0.25, 0.3) is 0 Å². The summed E-state index contributed by atoms with van der Waals surface area (Å²) in [7, 11) is 1.23. The minimum Gasteiger partial charge on any atom is -0.467 e. The third kappa shape index (κ3) is 5.69. The van der Waals surface area contributed by atoms with Gasteiger partial charge < -0.3 is 24.9 Å². The van der Waals surface area contributed by atoms with Gasteiger partial charge in [-0.15, -0.1) is 0 Å². The number of allylic oxidation sites excluding steroid dienone is 1. The van der Waals surface area contributed by atoms with Crippen LogP contribution in [0, 0.1) is 28.6 Å². The number of carbonyl (C=O) groups excluding carboxylic acids is 6. The van der Waals surface area contributed by atoms with Gasteiger partial charge >= 0.3 is 11.9 Å². The van der Waals surface area contributed by atoms with Gasteiger partial charge in [-0.2, -0.15) is 0 Å². The summed E-state index contributed by atoms with van der Waals surface area (Å²) >= 11 is 0. The Hall–Kier alpha value is -4.12. The molecule has 3 saturated carbocycles. The molecule has 0 radical (unpaired) electrons. The largest absolute Gasteiger partial charge is 0.467 e. The molecule has 11 nitrogen and oxygen atoms in total. The fraction of sp³-hybridized carbons (Fsp3) is 0.568. The normalized spacial score (nSPS) is 31.6. The number of nitrogens with one attached hydrogen (secondary N) is 2. The molecule has 0 aliphatic heterocycles. The zero-order valence-corrected chi connectivity index (χ0v) is 27.8. The summed E-state index contributed by atoms with van der Waals surface area (Å²) in [4.78, 5) is 80.5. The molecule has 2 aromatic rings. The SMILES string of the molecule is COC(=O)C(Cc1c[nH]c2ccccc12)NC(=O)CCC(=O)OCC(=O)[C@@]1(O)CCC2C3CCC4=CC(=O)CC[C@]4(C)C3C(=O)C[C@@]21C. The lowest BCUT2D eigenvalue weighted by atomic mass is 9.46. The number of methoxy groups -OCH3 is 1. The van der Waals surface area contributed by atoms with E-state index in [2.05, 4.69) is 17.2 Å². The maximum atomic E-state index is 13.8. The first-order chi connectivity index (χ1) is 22.8. The molecule has 1 amide bonds. The minimum absolute atomic E-state index is 0.000674. The van der Waals surface area contributed by atoms with Crippen LogP contribution in [0.2, 0.25) is 0 Å². The van der Waals surface area contributed by atoms with Gasteiger partial charge in [0.15, 0.2) is 12.4 Å². The number of hydrogen-bond donors (Lipinski definition) is 3. The molecular weight excluding hydrogens is 616 g/mol. The Kier molecular flexibility index (Phi) is 8.95. The highest BCUT2D eigenvalue weighted by atomic mass is 16.5. The predicted molar refractivity (Wildman–Crippen MR) is 173 cm³/mol. The van der Waals surface area contributed by atoms with E-state index in [1.165, 1.54) is 7.11 Å². The maximum absolute atomic E-state index is 13.8. The average molecular weight is 661 g/mol. The van der Waals surface area contributed by atoms with Crippen molar-refractivity contribution in [1.82, 2.24) is 10.3 Å². The molecule has 4 aliphatic rings. The van der Waals surface area contributed by atoms with E-state index >= 15 is 0 Å². The van der Waals surface area contributed by atoms with Gasteiger partial charge in [-0.25, -0.2) is 4.79 Å². The van der Waals surface area contributed by atoms with Gasteiger partial charge in [-0.1, -0.05) is 37.6 Å². The molecule has 1 heterocycles. The molecule has 3 fully saturated rings. The van der Waals surface area contributed by atoms with Crippen molar-refractivity contribution in [3.8, 4) is 0 Å². The second-order valence-electron chi connectivity index (χ2n) is 14.6. The molecule has 0 bridgehead atoms. The molecule has 4 aliphatic carbocycles. The lowest BCUT2D eigenvalue weighted by Crippen LogP contribution is -2.61. The molecule has 1 aromatic carbocycles. The number of fused-ring (bicyclic) bond motifs is 6. The first kappa shape index (κ1) is 33.8. The quantitative estimate of drug-likeness (QED) is 0.322. The Morgan fingerprint density at radius 2 is 1.83 bits per heavy atom. The number of ketones is 3. The number of carbonyl (C=O) groups is 6. The Bertz CT molecular complexity index is 1710. The van der Waals surface area contributed by atoms with E-state index in [0.29, 0.717) is 19.3 Å². The van der Waals surface area contributed by atoms with Gasteiger partial charge in [-0.3, -0.25) is 24.0 Å². The predicted octanol–water partition coefficient (Wildman–Crippen LogP) is 3.70. The van der Waals surface area contributed by atoms with Crippen LogP contribution in [0.1, 0.15) is 77.2 Å². The summed E-state index contributed by atoms with van der Waals surface area (Å²) in [6, 6.07) is 6.60. The first-order valence-corrected chi connectivity index (χ1v) is 16.9. The number of aliphatic hydroxyl groups is 1. The molecule has 1 aromatic heterocycles.